The summed E-state index contributed by atoms with van der Waals surface area (Å²) in [5, 5.41) is 0. The molecule has 3 rings (SSSR count). The first-order valence-electron chi connectivity index (χ1n) is 5.68. The van der Waals surface area contributed by atoms with Gasteiger partial charge in [-0.05, 0) is 17.2 Å². The van der Waals surface area contributed by atoms with Crippen molar-refractivity contribution in [3.63, 3.8) is 0 Å². The van der Waals surface area contributed by atoms with Crippen LogP contribution in [0, 0.1) is 0 Å². The van der Waals surface area contributed by atoms with E-state index in [9.17, 15) is 4.79 Å². The second-order valence-corrected chi connectivity index (χ2v) is 4.23. The van der Waals surface area contributed by atoms with Gasteiger partial charge in [0.2, 0.25) is 5.95 Å². The minimum atomic E-state index is -0.111. The highest BCUT2D eigenvalue weighted by Crippen LogP contribution is 2.23. The van der Waals surface area contributed by atoms with Crippen LogP contribution >= 0.6 is 0 Å². The molecular weight excluding hydrogens is 228 g/mol. The highest BCUT2D eigenvalue weighted by molar-refractivity contribution is 5.92. The van der Waals surface area contributed by atoms with Crippen molar-refractivity contribution in [1.29, 1.82) is 0 Å². The minimum absolute atomic E-state index is 0.111. The number of amides is 1. The molecule has 1 aromatic heterocycles. The van der Waals surface area contributed by atoms with Crippen molar-refractivity contribution >= 4 is 11.9 Å². The monoisotopic (exact) mass is 240 g/mol. The number of hydrogen-bond donors (Lipinski definition) is 1. The number of anilines is 1. The summed E-state index contributed by atoms with van der Waals surface area (Å²) in [6.07, 6.45) is 1.50. The molecule has 0 atom stereocenters. The summed E-state index contributed by atoms with van der Waals surface area (Å²) in [7, 11) is 0. The fourth-order valence-electron chi connectivity index (χ4n) is 2.13. The zero-order valence-electron chi connectivity index (χ0n) is 9.71. The lowest BCUT2D eigenvalue weighted by molar-refractivity contribution is 0.0745. The third-order valence-corrected chi connectivity index (χ3v) is 3.02. The van der Waals surface area contributed by atoms with E-state index in [0.717, 1.165) is 0 Å². The lowest BCUT2D eigenvalue weighted by Gasteiger charge is -2.14. The van der Waals surface area contributed by atoms with Gasteiger partial charge >= 0.3 is 0 Å². The third-order valence-electron chi connectivity index (χ3n) is 3.02. The average Bonchev–Trinajstić information content (AvgIpc) is 2.81. The molecule has 2 heterocycles. The molecule has 0 fully saturated rings. The Morgan fingerprint density at radius 3 is 2.44 bits per heavy atom. The van der Waals surface area contributed by atoms with Crippen molar-refractivity contribution in [3.05, 3.63) is 53.3 Å². The molecule has 18 heavy (non-hydrogen) atoms. The van der Waals surface area contributed by atoms with Gasteiger partial charge in [0, 0.05) is 19.3 Å². The summed E-state index contributed by atoms with van der Waals surface area (Å²) in [6.45, 7) is 1.25. The predicted octanol–water partition coefficient (Wildman–Crippen LogP) is 1.21. The molecule has 2 aromatic rings. The normalized spacial score (nSPS) is 13.4. The highest BCUT2D eigenvalue weighted by atomic mass is 16.2. The van der Waals surface area contributed by atoms with Gasteiger partial charge in [-0.3, -0.25) is 4.79 Å². The number of rotatable bonds is 1. The fraction of sp³-hybridized carbons (Fsp3) is 0.154. The smallest absolute Gasteiger partial charge is 0.273 e. The number of hydrogen-bond acceptors (Lipinski definition) is 4. The number of fused-ring (bicyclic) bond motifs is 1. The molecule has 0 aliphatic carbocycles. The van der Waals surface area contributed by atoms with Gasteiger partial charge in [-0.2, -0.15) is 0 Å². The zero-order valence-corrected chi connectivity index (χ0v) is 9.71. The van der Waals surface area contributed by atoms with E-state index in [1.165, 1.54) is 17.3 Å². The van der Waals surface area contributed by atoms with Gasteiger partial charge in [-0.25, -0.2) is 9.97 Å². The maximum Gasteiger partial charge on any atom is 0.273 e. The number of nitrogen functional groups attached to an aromatic ring is 1. The van der Waals surface area contributed by atoms with E-state index in [4.69, 9.17) is 5.73 Å². The second kappa shape index (κ2) is 4.10. The summed E-state index contributed by atoms with van der Waals surface area (Å²) in [5.41, 5.74) is 8.20. The van der Waals surface area contributed by atoms with E-state index in [0.29, 0.717) is 18.8 Å². The molecule has 0 saturated heterocycles. The van der Waals surface area contributed by atoms with E-state index < -0.39 is 0 Å². The number of aromatic nitrogens is 2. The molecule has 5 nitrogen and oxygen atoms in total. The van der Waals surface area contributed by atoms with Crippen LogP contribution in [0.15, 0.2) is 36.5 Å². The molecule has 0 spiro atoms. The van der Waals surface area contributed by atoms with E-state index in [-0.39, 0.29) is 11.9 Å². The first kappa shape index (κ1) is 10.7. The number of carbonyl (C=O) groups excluding carboxylic acids is 1. The van der Waals surface area contributed by atoms with E-state index >= 15 is 0 Å². The minimum Gasteiger partial charge on any atom is -0.368 e. The first-order chi connectivity index (χ1) is 8.74. The standard InChI is InChI=1S/C13H12N4O/c14-13-15-6-5-11(16-13)12(18)17-7-9-3-1-2-4-10(9)8-17/h1-6H,7-8H2,(H2,14,15,16). The average molecular weight is 240 g/mol. The molecule has 1 amide bonds. The predicted molar refractivity (Wildman–Crippen MR) is 66.5 cm³/mol. The molecular formula is C13H12N4O. The molecule has 0 radical (unpaired) electrons. The Hall–Kier alpha value is -2.43. The molecule has 90 valence electrons. The topological polar surface area (TPSA) is 72.1 Å². The SMILES string of the molecule is Nc1nccc(C(=O)N2Cc3ccccc3C2)n1. The Labute approximate surface area is 104 Å². The van der Waals surface area contributed by atoms with Crippen LogP contribution in [0.2, 0.25) is 0 Å². The summed E-state index contributed by atoms with van der Waals surface area (Å²) >= 11 is 0. The van der Waals surface area contributed by atoms with Gasteiger partial charge in [0.15, 0.2) is 0 Å². The first-order valence-corrected chi connectivity index (χ1v) is 5.68. The van der Waals surface area contributed by atoms with Crippen molar-refractivity contribution in [1.82, 2.24) is 14.9 Å². The number of carbonyl (C=O) groups is 1. The molecule has 1 aliphatic rings. The van der Waals surface area contributed by atoms with Gasteiger partial charge in [-0.1, -0.05) is 24.3 Å². The largest absolute Gasteiger partial charge is 0.368 e. The van der Waals surface area contributed by atoms with Crippen LogP contribution in [0.1, 0.15) is 21.6 Å². The van der Waals surface area contributed by atoms with E-state index in [1.807, 2.05) is 24.3 Å². The summed E-state index contributed by atoms with van der Waals surface area (Å²) in [5.74, 6) is 0.0119. The van der Waals surface area contributed by atoms with Gasteiger partial charge in [0.05, 0.1) is 0 Å². The van der Waals surface area contributed by atoms with Gasteiger partial charge in [-0.15, -0.1) is 0 Å². The Balaban J connectivity index is 1.84. The Kier molecular flexibility index (Phi) is 2.44. The Bertz CT molecular complexity index is 586. The summed E-state index contributed by atoms with van der Waals surface area (Å²) < 4.78 is 0. The van der Waals surface area contributed by atoms with E-state index in [2.05, 4.69) is 9.97 Å². The maximum absolute atomic E-state index is 12.2. The van der Waals surface area contributed by atoms with Crippen LogP contribution in [-0.4, -0.2) is 20.8 Å². The lowest BCUT2D eigenvalue weighted by atomic mass is 10.1. The Morgan fingerprint density at radius 1 is 1.17 bits per heavy atom. The van der Waals surface area contributed by atoms with Gasteiger partial charge in [0.1, 0.15) is 5.69 Å². The molecule has 1 aliphatic heterocycles. The summed E-state index contributed by atoms with van der Waals surface area (Å²) in [4.78, 5) is 21.7. The highest BCUT2D eigenvalue weighted by Gasteiger charge is 2.24. The molecule has 1 aromatic carbocycles. The van der Waals surface area contributed by atoms with E-state index in [1.54, 1.807) is 11.0 Å². The quantitative estimate of drug-likeness (QED) is 0.813. The van der Waals surface area contributed by atoms with Crippen molar-refractivity contribution in [2.45, 2.75) is 13.1 Å². The van der Waals surface area contributed by atoms with Crippen LogP contribution in [-0.2, 0) is 13.1 Å². The van der Waals surface area contributed by atoms with Crippen molar-refractivity contribution in [2.24, 2.45) is 0 Å². The number of benzene rings is 1. The number of nitrogens with zero attached hydrogens (tertiary/aromatic N) is 3. The molecule has 5 heteroatoms. The summed E-state index contributed by atoms with van der Waals surface area (Å²) in [6, 6.07) is 9.63. The van der Waals surface area contributed by atoms with Crippen molar-refractivity contribution in [3.8, 4) is 0 Å². The second-order valence-electron chi connectivity index (χ2n) is 4.23. The van der Waals surface area contributed by atoms with Crippen molar-refractivity contribution in [2.75, 3.05) is 5.73 Å². The molecule has 0 saturated carbocycles. The Morgan fingerprint density at radius 2 is 1.83 bits per heavy atom. The van der Waals surface area contributed by atoms with Crippen LogP contribution < -0.4 is 5.73 Å². The molecule has 0 unspecified atom stereocenters. The van der Waals surface area contributed by atoms with Crippen LogP contribution in [0.3, 0.4) is 0 Å². The van der Waals surface area contributed by atoms with Crippen molar-refractivity contribution < 1.29 is 4.79 Å². The van der Waals surface area contributed by atoms with Crippen LogP contribution in [0.5, 0.6) is 0 Å². The maximum atomic E-state index is 12.2. The molecule has 2 N–H and O–H groups in total. The van der Waals surface area contributed by atoms with Crippen LogP contribution in [0.25, 0.3) is 0 Å². The van der Waals surface area contributed by atoms with Gasteiger partial charge < -0.3 is 10.6 Å². The van der Waals surface area contributed by atoms with Crippen LogP contribution in [0.4, 0.5) is 5.95 Å². The third kappa shape index (κ3) is 1.79. The number of nitrogens with two attached hydrogens (primary N) is 1. The van der Waals surface area contributed by atoms with Gasteiger partial charge in [0.25, 0.3) is 5.91 Å². The molecule has 0 bridgehead atoms. The lowest BCUT2D eigenvalue weighted by Crippen LogP contribution is -2.26. The fourth-order valence-corrected chi connectivity index (χ4v) is 2.13. The zero-order chi connectivity index (χ0) is 12.5.